The molecule has 0 spiro atoms. The number of piperidine rings is 2. The molecule has 3 saturated heterocycles. The third-order valence-electron chi connectivity index (χ3n) is 7.77. The number of anilines is 1. The highest BCUT2D eigenvalue weighted by atomic mass is 19.4. The molecule has 0 unspecified atom stereocenters. The van der Waals surface area contributed by atoms with E-state index in [0.29, 0.717) is 23.3 Å². The van der Waals surface area contributed by atoms with Crippen molar-refractivity contribution >= 4 is 16.6 Å². The van der Waals surface area contributed by atoms with E-state index in [4.69, 9.17) is 4.74 Å². The van der Waals surface area contributed by atoms with Gasteiger partial charge in [-0.15, -0.1) is 0 Å². The van der Waals surface area contributed by atoms with Crippen LogP contribution in [0.15, 0.2) is 30.5 Å². The van der Waals surface area contributed by atoms with Crippen LogP contribution in [-0.4, -0.2) is 79.9 Å². The number of fused-ring (bicyclic) bond motifs is 1. The average molecular weight is 477 g/mol. The Labute approximate surface area is 199 Å². The lowest BCUT2D eigenvalue weighted by Gasteiger charge is -2.43. The second-order valence-corrected chi connectivity index (χ2v) is 10.3. The number of likely N-dealkylation sites (tertiary alicyclic amines) is 1. The first kappa shape index (κ1) is 23.8. The van der Waals surface area contributed by atoms with Crippen molar-refractivity contribution in [2.24, 2.45) is 11.8 Å². The summed E-state index contributed by atoms with van der Waals surface area (Å²) in [6, 6.07) is 7.03. The van der Waals surface area contributed by atoms with E-state index < -0.39 is 11.7 Å². The number of benzene rings is 1. The van der Waals surface area contributed by atoms with Gasteiger partial charge >= 0.3 is 6.18 Å². The van der Waals surface area contributed by atoms with Gasteiger partial charge < -0.3 is 14.5 Å². The summed E-state index contributed by atoms with van der Waals surface area (Å²) in [5.41, 5.74) is 0.266. The fraction of sp³-hybridized carbons (Fsp3) is 0.654. The SMILES string of the molecule is C[C@@H]1C[C@H](CN2CCC(N3CCOCC3)CC2)CN(c2ccc(C(F)(F)F)c3ncccc23)C1. The highest BCUT2D eigenvalue weighted by Gasteiger charge is 2.35. The molecule has 34 heavy (non-hydrogen) atoms. The Morgan fingerprint density at radius 3 is 2.53 bits per heavy atom. The third-order valence-corrected chi connectivity index (χ3v) is 7.77. The van der Waals surface area contributed by atoms with Crippen LogP contribution in [0.25, 0.3) is 10.9 Å². The Bertz CT molecular complexity index is 970. The zero-order valence-corrected chi connectivity index (χ0v) is 19.9. The molecule has 5 nitrogen and oxygen atoms in total. The van der Waals surface area contributed by atoms with Crippen molar-refractivity contribution in [3.63, 3.8) is 0 Å². The molecule has 0 amide bonds. The van der Waals surface area contributed by atoms with Gasteiger partial charge in [0.1, 0.15) is 0 Å². The van der Waals surface area contributed by atoms with Gasteiger partial charge in [0.15, 0.2) is 0 Å². The van der Waals surface area contributed by atoms with Gasteiger partial charge in [-0.3, -0.25) is 9.88 Å². The van der Waals surface area contributed by atoms with Gasteiger partial charge in [-0.2, -0.15) is 13.2 Å². The highest BCUT2D eigenvalue weighted by molar-refractivity contribution is 5.94. The smallest absolute Gasteiger partial charge is 0.379 e. The number of hydrogen-bond acceptors (Lipinski definition) is 5. The Hall–Kier alpha value is -1.90. The summed E-state index contributed by atoms with van der Waals surface area (Å²) in [5, 5.41) is 0.594. The van der Waals surface area contributed by atoms with Gasteiger partial charge in [-0.05, 0) is 68.5 Å². The standard InChI is InChI=1S/C26H35F3N4O/c1-19-15-20(17-31-9-6-21(7-10-31)32-11-13-34-14-12-32)18-33(16-19)24-5-4-23(26(27,28)29)25-22(24)3-2-8-30-25/h2-5,8,19-21H,6-7,9-18H2,1H3/t19-,20-/m1/s1. The first-order valence-electron chi connectivity index (χ1n) is 12.6. The van der Waals surface area contributed by atoms with E-state index in [-0.39, 0.29) is 5.52 Å². The van der Waals surface area contributed by atoms with Crippen LogP contribution in [-0.2, 0) is 10.9 Å². The Balaban J connectivity index is 1.26. The summed E-state index contributed by atoms with van der Waals surface area (Å²) >= 11 is 0. The second-order valence-electron chi connectivity index (χ2n) is 10.3. The first-order chi connectivity index (χ1) is 16.4. The molecule has 0 saturated carbocycles. The summed E-state index contributed by atoms with van der Waals surface area (Å²) < 4.78 is 46.2. The number of pyridine rings is 1. The van der Waals surface area contributed by atoms with Crippen molar-refractivity contribution in [3.8, 4) is 0 Å². The van der Waals surface area contributed by atoms with Crippen LogP contribution in [0.4, 0.5) is 18.9 Å². The lowest BCUT2D eigenvalue weighted by atomic mass is 9.88. The van der Waals surface area contributed by atoms with E-state index in [0.717, 1.165) is 71.1 Å². The summed E-state index contributed by atoms with van der Waals surface area (Å²) in [4.78, 5) is 11.6. The largest absolute Gasteiger partial charge is 0.418 e. The summed E-state index contributed by atoms with van der Waals surface area (Å²) in [6.45, 7) is 11.1. The number of nitrogens with zero attached hydrogens (tertiary/aromatic N) is 4. The lowest BCUT2D eigenvalue weighted by molar-refractivity contribution is -0.136. The molecule has 0 N–H and O–H groups in total. The van der Waals surface area contributed by atoms with Crippen LogP contribution in [0.5, 0.6) is 0 Å². The van der Waals surface area contributed by atoms with Crippen LogP contribution >= 0.6 is 0 Å². The van der Waals surface area contributed by atoms with Gasteiger partial charge in [0.05, 0.1) is 24.3 Å². The summed E-state index contributed by atoms with van der Waals surface area (Å²) in [6.07, 6.45) is 0.624. The summed E-state index contributed by atoms with van der Waals surface area (Å²) in [7, 11) is 0. The zero-order chi connectivity index (χ0) is 23.7. The predicted octanol–water partition coefficient (Wildman–Crippen LogP) is 4.51. The molecule has 1 aromatic carbocycles. The maximum absolute atomic E-state index is 13.6. The molecule has 186 valence electrons. The number of aromatic nitrogens is 1. The molecule has 3 aliphatic heterocycles. The second kappa shape index (κ2) is 9.99. The minimum Gasteiger partial charge on any atom is -0.379 e. The van der Waals surface area contributed by atoms with Gasteiger partial charge in [-0.25, -0.2) is 0 Å². The van der Waals surface area contributed by atoms with E-state index in [2.05, 4.69) is 26.6 Å². The molecule has 8 heteroatoms. The van der Waals surface area contributed by atoms with Crippen molar-refractivity contribution in [1.82, 2.24) is 14.8 Å². The van der Waals surface area contributed by atoms with Crippen molar-refractivity contribution in [2.75, 3.05) is 63.9 Å². The molecular formula is C26H35F3N4O. The van der Waals surface area contributed by atoms with Crippen LogP contribution < -0.4 is 4.90 Å². The molecule has 3 fully saturated rings. The normalized spacial score (nSPS) is 26.3. The van der Waals surface area contributed by atoms with E-state index in [1.165, 1.54) is 25.1 Å². The van der Waals surface area contributed by atoms with Crippen molar-refractivity contribution in [3.05, 3.63) is 36.0 Å². The van der Waals surface area contributed by atoms with Crippen LogP contribution in [0.1, 0.15) is 31.7 Å². The lowest BCUT2D eigenvalue weighted by Crippen LogP contribution is -2.51. The molecule has 0 radical (unpaired) electrons. The topological polar surface area (TPSA) is 31.8 Å². The van der Waals surface area contributed by atoms with E-state index >= 15 is 0 Å². The molecular weight excluding hydrogens is 441 g/mol. The van der Waals surface area contributed by atoms with Crippen molar-refractivity contribution < 1.29 is 17.9 Å². The molecule has 4 heterocycles. The number of rotatable bonds is 4. The van der Waals surface area contributed by atoms with Crippen molar-refractivity contribution in [2.45, 2.75) is 38.4 Å². The maximum atomic E-state index is 13.6. The maximum Gasteiger partial charge on any atom is 0.418 e. The molecule has 3 aliphatic rings. The minimum absolute atomic E-state index is 0.0486. The van der Waals surface area contributed by atoms with Crippen LogP contribution in [0, 0.1) is 11.8 Å². The van der Waals surface area contributed by atoms with Gasteiger partial charge in [0.2, 0.25) is 0 Å². The molecule has 1 aromatic heterocycles. The quantitative estimate of drug-likeness (QED) is 0.648. The number of morpholine rings is 1. The summed E-state index contributed by atoms with van der Waals surface area (Å²) in [5.74, 6) is 1.01. The zero-order valence-electron chi connectivity index (χ0n) is 19.9. The molecule has 2 atom stereocenters. The van der Waals surface area contributed by atoms with Gasteiger partial charge in [0, 0.05) is 56.0 Å². The van der Waals surface area contributed by atoms with Crippen LogP contribution in [0.2, 0.25) is 0 Å². The van der Waals surface area contributed by atoms with Crippen LogP contribution in [0.3, 0.4) is 0 Å². The highest BCUT2D eigenvalue weighted by Crippen LogP contribution is 2.39. The molecule has 2 aromatic rings. The van der Waals surface area contributed by atoms with Gasteiger partial charge in [-0.1, -0.05) is 6.92 Å². The third kappa shape index (κ3) is 5.19. The van der Waals surface area contributed by atoms with Crippen molar-refractivity contribution in [1.29, 1.82) is 0 Å². The van der Waals surface area contributed by atoms with E-state index in [1.54, 1.807) is 18.2 Å². The predicted molar refractivity (Wildman–Crippen MR) is 128 cm³/mol. The average Bonchev–Trinajstić information content (AvgIpc) is 2.83. The molecule has 0 aliphatic carbocycles. The number of alkyl halides is 3. The van der Waals surface area contributed by atoms with E-state index in [1.807, 2.05) is 0 Å². The Morgan fingerprint density at radius 1 is 1.03 bits per heavy atom. The number of halogens is 3. The fourth-order valence-corrected chi connectivity index (χ4v) is 6.25. The molecule has 5 rings (SSSR count). The Kier molecular flexibility index (Phi) is 7.00. The number of hydrogen-bond donors (Lipinski definition) is 0. The molecule has 0 bridgehead atoms. The van der Waals surface area contributed by atoms with E-state index in [9.17, 15) is 13.2 Å². The Morgan fingerprint density at radius 2 is 1.79 bits per heavy atom. The van der Waals surface area contributed by atoms with Gasteiger partial charge in [0.25, 0.3) is 0 Å². The number of ether oxygens (including phenoxy) is 1. The first-order valence-corrected chi connectivity index (χ1v) is 12.6. The minimum atomic E-state index is -4.41. The fourth-order valence-electron chi connectivity index (χ4n) is 6.25. The monoisotopic (exact) mass is 476 g/mol.